The van der Waals surface area contributed by atoms with Crippen LogP contribution in [0.5, 0.6) is 5.75 Å². The van der Waals surface area contributed by atoms with Gasteiger partial charge in [-0.1, -0.05) is 23.2 Å². The smallest absolute Gasteiger partial charge is 0.338 e. The van der Waals surface area contributed by atoms with Crippen molar-refractivity contribution in [2.75, 3.05) is 24.8 Å². The number of nitrogen functional groups attached to an aromatic ring is 1. The summed E-state index contributed by atoms with van der Waals surface area (Å²) in [5, 5.41) is 3.25. The third-order valence-electron chi connectivity index (χ3n) is 3.00. The lowest BCUT2D eigenvalue weighted by Crippen LogP contribution is -2.21. The second-order valence-electron chi connectivity index (χ2n) is 4.71. The SMILES string of the molecule is COc1ccc(C(=O)OCC(=O)Nc2cc(Cl)ccc2Cl)cc1N. The minimum Gasteiger partial charge on any atom is -0.495 e. The highest BCUT2D eigenvalue weighted by molar-refractivity contribution is 6.35. The van der Waals surface area contributed by atoms with Crippen molar-refractivity contribution in [2.24, 2.45) is 0 Å². The van der Waals surface area contributed by atoms with Crippen LogP contribution in [0, 0.1) is 0 Å². The Balaban J connectivity index is 1.95. The normalized spacial score (nSPS) is 10.1. The topological polar surface area (TPSA) is 90.6 Å². The Labute approximate surface area is 148 Å². The molecule has 0 aliphatic rings. The van der Waals surface area contributed by atoms with E-state index in [2.05, 4.69) is 5.32 Å². The molecule has 0 bridgehead atoms. The first-order valence-corrected chi connectivity index (χ1v) is 7.52. The molecule has 0 radical (unpaired) electrons. The van der Waals surface area contributed by atoms with Crippen LogP contribution in [-0.4, -0.2) is 25.6 Å². The van der Waals surface area contributed by atoms with Gasteiger partial charge in [0.05, 0.1) is 29.1 Å². The number of hydrogen-bond acceptors (Lipinski definition) is 5. The Bertz CT molecular complexity index is 781. The molecule has 8 heteroatoms. The van der Waals surface area contributed by atoms with Gasteiger partial charge < -0.3 is 20.5 Å². The number of amides is 1. The molecular formula is C16H14Cl2N2O4. The predicted octanol–water partition coefficient (Wildman–Crippen LogP) is 3.38. The number of carbonyl (C=O) groups is 2. The number of benzene rings is 2. The van der Waals surface area contributed by atoms with Gasteiger partial charge in [-0.2, -0.15) is 0 Å². The fourth-order valence-electron chi connectivity index (χ4n) is 1.86. The van der Waals surface area contributed by atoms with Crippen LogP contribution >= 0.6 is 23.2 Å². The molecule has 0 saturated carbocycles. The van der Waals surface area contributed by atoms with Gasteiger partial charge in [-0.15, -0.1) is 0 Å². The maximum absolute atomic E-state index is 11.9. The second kappa shape index (κ2) is 7.90. The number of halogens is 2. The molecule has 2 aromatic carbocycles. The Hall–Kier alpha value is -2.44. The van der Waals surface area contributed by atoms with Gasteiger partial charge in [0.1, 0.15) is 5.75 Å². The monoisotopic (exact) mass is 368 g/mol. The highest BCUT2D eigenvalue weighted by Crippen LogP contribution is 2.25. The van der Waals surface area contributed by atoms with Gasteiger partial charge in [-0.05, 0) is 36.4 Å². The van der Waals surface area contributed by atoms with E-state index in [-0.39, 0.29) is 5.56 Å². The molecule has 2 aromatic rings. The van der Waals surface area contributed by atoms with Crippen LogP contribution in [0.1, 0.15) is 10.4 Å². The summed E-state index contributed by atoms with van der Waals surface area (Å²) in [6, 6.07) is 9.07. The Morgan fingerprint density at radius 1 is 1.17 bits per heavy atom. The van der Waals surface area contributed by atoms with Gasteiger partial charge in [-0.3, -0.25) is 4.79 Å². The van der Waals surface area contributed by atoms with E-state index in [0.717, 1.165) is 0 Å². The maximum Gasteiger partial charge on any atom is 0.338 e. The number of hydrogen-bond donors (Lipinski definition) is 2. The van der Waals surface area contributed by atoms with Gasteiger partial charge in [0.25, 0.3) is 5.91 Å². The lowest BCUT2D eigenvalue weighted by molar-refractivity contribution is -0.119. The molecule has 0 aliphatic carbocycles. The number of anilines is 2. The van der Waals surface area contributed by atoms with Crippen LogP contribution in [0.4, 0.5) is 11.4 Å². The number of rotatable bonds is 5. The summed E-state index contributed by atoms with van der Waals surface area (Å²) in [5.74, 6) is -0.786. The molecule has 0 atom stereocenters. The number of carbonyl (C=O) groups excluding carboxylic acids is 2. The molecule has 6 nitrogen and oxygen atoms in total. The Kier molecular flexibility index (Phi) is 5.89. The van der Waals surface area contributed by atoms with Gasteiger partial charge in [-0.25, -0.2) is 4.79 Å². The van der Waals surface area contributed by atoms with Gasteiger partial charge in [0, 0.05) is 5.02 Å². The third kappa shape index (κ3) is 4.53. The quantitative estimate of drug-likeness (QED) is 0.623. The number of nitrogens with two attached hydrogens (primary N) is 1. The molecule has 24 heavy (non-hydrogen) atoms. The van der Waals surface area contributed by atoms with E-state index in [1.165, 1.54) is 31.4 Å². The lowest BCUT2D eigenvalue weighted by atomic mass is 10.2. The fourth-order valence-corrected chi connectivity index (χ4v) is 2.19. The summed E-state index contributed by atoms with van der Waals surface area (Å²) in [6.07, 6.45) is 0. The van der Waals surface area contributed by atoms with E-state index in [1.807, 2.05) is 0 Å². The molecule has 0 aliphatic heterocycles. The molecule has 1 amide bonds. The molecule has 3 N–H and O–H groups in total. The average Bonchev–Trinajstić information content (AvgIpc) is 2.56. The number of methoxy groups -OCH3 is 1. The van der Waals surface area contributed by atoms with Gasteiger partial charge in [0.2, 0.25) is 0 Å². The maximum atomic E-state index is 11.9. The highest BCUT2D eigenvalue weighted by atomic mass is 35.5. The zero-order chi connectivity index (χ0) is 17.7. The van der Waals surface area contributed by atoms with Crippen molar-refractivity contribution in [2.45, 2.75) is 0 Å². The first-order valence-electron chi connectivity index (χ1n) is 6.76. The summed E-state index contributed by atoms with van der Waals surface area (Å²) < 4.78 is 9.94. The minimum absolute atomic E-state index is 0.210. The minimum atomic E-state index is -0.684. The van der Waals surface area contributed by atoms with Crippen molar-refractivity contribution in [3.63, 3.8) is 0 Å². The Morgan fingerprint density at radius 3 is 2.58 bits per heavy atom. The van der Waals surface area contributed by atoms with Crippen LogP contribution in [0.2, 0.25) is 10.0 Å². The van der Waals surface area contributed by atoms with Crippen LogP contribution in [0.15, 0.2) is 36.4 Å². The van der Waals surface area contributed by atoms with E-state index < -0.39 is 18.5 Å². The van der Waals surface area contributed by atoms with Crippen molar-refractivity contribution < 1.29 is 19.1 Å². The van der Waals surface area contributed by atoms with Crippen LogP contribution in [-0.2, 0) is 9.53 Å². The fraction of sp³-hybridized carbons (Fsp3) is 0.125. The number of esters is 1. The van der Waals surface area contributed by atoms with Gasteiger partial charge >= 0.3 is 5.97 Å². The van der Waals surface area contributed by atoms with Crippen molar-refractivity contribution in [1.29, 1.82) is 0 Å². The summed E-state index contributed by atoms with van der Waals surface area (Å²) >= 11 is 11.8. The van der Waals surface area contributed by atoms with E-state index >= 15 is 0 Å². The standard InChI is InChI=1S/C16H14Cl2N2O4/c1-23-14-5-2-9(6-12(14)19)16(22)24-8-15(21)20-13-7-10(17)3-4-11(13)18/h2-7H,8,19H2,1H3,(H,20,21). The molecule has 0 saturated heterocycles. The average molecular weight is 369 g/mol. The van der Waals surface area contributed by atoms with Crippen LogP contribution < -0.4 is 15.8 Å². The summed E-state index contributed by atoms with van der Waals surface area (Å²) in [7, 11) is 1.47. The predicted molar refractivity (Wildman–Crippen MR) is 92.8 cm³/mol. The second-order valence-corrected chi connectivity index (χ2v) is 5.55. The molecule has 0 spiro atoms. The number of ether oxygens (including phenoxy) is 2. The van der Waals surface area contributed by atoms with E-state index in [0.29, 0.717) is 27.2 Å². The van der Waals surface area contributed by atoms with Crippen molar-refractivity contribution in [3.05, 3.63) is 52.0 Å². The molecule has 0 aromatic heterocycles. The first-order chi connectivity index (χ1) is 11.4. The molecule has 0 fully saturated rings. The molecular weight excluding hydrogens is 355 g/mol. The molecule has 0 unspecified atom stereocenters. The highest BCUT2D eigenvalue weighted by Gasteiger charge is 2.13. The van der Waals surface area contributed by atoms with Crippen molar-refractivity contribution >= 4 is 46.5 Å². The largest absolute Gasteiger partial charge is 0.495 e. The molecule has 0 heterocycles. The summed E-state index contributed by atoms with van der Waals surface area (Å²) in [5.41, 5.74) is 6.56. The van der Waals surface area contributed by atoms with Crippen LogP contribution in [0.25, 0.3) is 0 Å². The van der Waals surface area contributed by atoms with Gasteiger partial charge in [0.15, 0.2) is 6.61 Å². The summed E-state index contributed by atoms with van der Waals surface area (Å²) in [4.78, 5) is 23.8. The zero-order valence-corrected chi connectivity index (χ0v) is 14.1. The number of nitrogens with one attached hydrogen (secondary N) is 1. The van der Waals surface area contributed by atoms with Crippen molar-refractivity contribution in [3.8, 4) is 5.75 Å². The molecule has 2 rings (SSSR count). The third-order valence-corrected chi connectivity index (χ3v) is 3.57. The van der Waals surface area contributed by atoms with Crippen LogP contribution in [0.3, 0.4) is 0 Å². The van der Waals surface area contributed by atoms with E-state index in [1.54, 1.807) is 12.1 Å². The molecule has 126 valence electrons. The lowest BCUT2D eigenvalue weighted by Gasteiger charge is -2.09. The van der Waals surface area contributed by atoms with E-state index in [4.69, 9.17) is 38.4 Å². The Morgan fingerprint density at radius 2 is 1.92 bits per heavy atom. The van der Waals surface area contributed by atoms with E-state index in [9.17, 15) is 9.59 Å². The summed E-state index contributed by atoms with van der Waals surface area (Å²) in [6.45, 7) is -0.479. The zero-order valence-electron chi connectivity index (χ0n) is 12.6. The van der Waals surface area contributed by atoms with Crippen molar-refractivity contribution in [1.82, 2.24) is 0 Å². The first kappa shape index (κ1) is 17.9.